The van der Waals surface area contributed by atoms with E-state index in [1.807, 2.05) is 17.9 Å². The topological polar surface area (TPSA) is 81.7 Å². The van der Waals surface area contributed by atoms with Gasteiger partial charge in [0.2, 0.25) is 0 Å². The van der Waals surface area contributed by atoms with Gasteiger partial charge in [0.05, 0.1) is 29.2 Å². The van der Waals surface area contributed by atoms with Crippen LogP contribution in [-0.4, -0.2) is 45.8 Å². The van der Waals surface area contributed by atoms with Crippen molar-refractivity contribution in [2.45, 2.75) is 63.8 Å². The van der Waals surface area contributed by atoms with E-state index < -0.39 is 16.2 Å². The molecule has 2 heterocycles. The molecule has 2 saturated heterocycles. The van der Waals surface area contributed by atoms with Crippen molar-refractivity contribution in [2.24, 2.45) is 5.41 Å². The van der Waals surface area contributed by atoms with Crippen molar-refractivity contribution in [3.05, 3.63) is 52.1 Å². The lowest BCUT2D eigenvalue weighted by Gasteiger charge is -2.38. The largest absolute Gasteiger partial charge is 0.344 e. The third-order valence-corrected chi connectivity index (χ3v) is 7.13. The molecular weight excluding hydrogens is 372 g/mol. The Labute approximate surface area is 170 Å². The zero-order valence-electron chi connectivity index (χ0n) is 17.4. The van der Waals surface area contributed by atoms with Gasteiger partial charge in [-0.25, -0.2) is 0 Å². The first-order valence-corrected chi connectivity index (χ1v) is 10.1. The summed E-state index contributed by atoms with van der Waals surface area (Å²) in [5.74, 6) is -0.867. The van der Waals surface area contributed by atoms with Gasteiger partial charge in [-0.3, -0.25) is 14.9 Å². The zero-order valence-corrected chi connectivity index (χ0v) is 17.4. The summed E-state index contributed by atoms with van der Waals surface area (Å²) in [4.78, 5) is 25.9. The van der Waals surface area contributed by atoms with Crippen molar-refractivity contribution in [3.8, 4) is 0 Å². The maximum absolute atomic E-state index is 13.5. The first-order chi connectivity index (χ1) is 13.6. The van der Waals surface area contributed by atoms with Crippen LogP contribution < -0.4 is 0 Å². The van der Waals surface area contributed by atoms with Crippen LogP contribution in [-0.2, 0) is 9.47 Å². The fraction of sp³-hybridized carbons (Fsp3) is 0.591. The van der Waals surface area contributed by atoms with Gasteiger partial charge in [0, 0.05) is 17.7 Å². The number of carbonyl (C=O) groups is 1. The predicted molar refractivity (Wildman–Crippen MR) is 107 cm³/mol. The van der Waals surface area contributed by atoms with Crippen LogP contribution in [0.5, 0.6) is 0 Å². The van der Waals surface area contributed by atoms with E-state index in [-0.39, 0.29) is 22.5 Å². The number of fused-ring (bicyclic) bond motifs is 1. The number of amides is 1. The zero-order chi connectivity index (χ0) is 21.1. The summed E-state index contributed by atoms with van der Waals surface area (Å²) in [6.45, 7) is 9.55. The number of hydrogen-bond donors (Lipinski definition) is 0. The lowest BCUT2D eigenvalue weighted by atomic mass is 9.64. The smallest absolute Gasteiger partial charge is 0.269 e. The van der Waals surface area contributed by atoms with Crippen molar-refractivity contribution in [1.82, 2.24) is 4.90 Å². The van der Waals surface area contributed by atoms with Gasteiger partial charge in [-0.15, -0.1) is 0 Å². The molecule has 7 heteroatoms. The summed E-state index contributed by atoms with van der Waals surface area (Å²) in [5, 5.41) is 10.9. The van der Waals surface area contributed by atoms with E-state index >= 15 is 0 Å². The van der Waals surface area contributed by atoms with Crippen LogP contribution in [0.3, 0.4) is 0 Å². The molecule has 0 spiro atoms. The molecule has 2 atom stereocenters. The number of likely N-dealkylation sites (tertiary alicyclic amines) is 1. The van der Waals surface area contributed by atoms with Gasteiger partial charge in [-0.05, 0) is 50.3 Å². The molecule has 0 bridgehead atoms. The Bertz CT molecular complexity index is 872. The molecule has 1 aromatic rings. The van der Waals surface area contributed by atoms with Gasteiger partial charge in [0.1, 0.15) is 0 Å². The van der Waals surface area contributed by atoms with Crippen molar-refractivity contribution in [2.75, 3.05) is 13.2 Å². The summed E-state index contributed by atoms with van der Waals surface area (Å²) >= 11 is 0. The number of hydrogen-bond acceptors (Lipinski definition) is 5. The molecule has 2 aliphatic heterocycles. The fourth-order valence-electron chi connectivity index (χ4n) is 5.56. The average Bonchev–Trinajstić information content (AvgIpc) is 2.97. The number of nitro benzene ring substituents is 1. The van der Waals surface area contributed by atoms with Crippen LogP contribution in [0, 0.1) is 15.5 Å². The standard InChI is InChI=1S/C22H28N2O5/c1-19(2)10-5-11-20(3)22(19,13-12-21(4)28-14-15-29-21)23(20)18(25)16-6-8-17(9-7-16)24(26)27/h6-9,12-13H,5,10-11,14-15H2,1-4H3/b13-12+. The number of ether oxygens (including phenoxy) is 2. The fourth-order valence-corrected chi connectivity index (χ4v) is 5.56. The summed E-state index contributed by atoms with van der Waals surface area (Å²) in [6, 6.07) is 5.86. The minimum Gasteiger partial charge on any atom is -0.344 e. The van der Waals surface area contributed by atoms with Crippen molar-refractivity contribution in [3.63, 3.8) is 0 Å². The number of rotatable bonds is 4. The Kier molecular flexibility index (Phi) is 4.40. The van der Waals surface area contributed by atoms with E-state index in [4.69, 9.17) is 9.47 Å². The Morgan fingerprint density at radius 1 is 1.07 bits per heavy atom. The quantitative estimate of drug-likeness (QED) is 0.329. The van der Waals surface area contributed by atoms with Gasteiger partial charge in [-0.1, -0.05) is 26.3 Å². The molecular formula is C22H28N2O5. The molecule has 4 rings (SSSR count). The molecule has 156 valence electrons. The van der Waals surface area contributed by atoms with E-state index in [1.165, 1.54) is 12.1 Å². The third-order valence-electron chi connectivity index (χ3n) is 7.13. The number of non-ortho nitro benzene ring substituents is 1. The molecule has 3 aliphatic rings. The number of nitro groups is 1. The van der Waals surface area contributed by atoms with Gasteiger partial charge < -0.3 is 14.4 Å². The third kappa shape index (κ3) is 2.82. The highest BCUT2D eigenvalue weighted by Crippen LogP contribution is 2.68. The molecule has 0 radical (unpaired) electrons. The van der Waals surface area contributed by atoms with E-state index in [1.54, 1.807) is 12.1 Å². The molecule has 3 fully saturated rings. The minimum absolute atomic E-state index is 0.0191. The van der Waals surface area contributed by atoms with E-state index in [0.29, 0.717) is 18.8 Å². The molecule has 1 saturated carbocycles. The lowest BCUT2D eigenvalue weighted by molar-refractivity contribution is -0.384. The molecule has 29 heavy (non-hydrogen) atoms. The summed E-state index contributed by atoms with van der Waals surface area (Å²) in [7, 11) is 0. The van der Waals surface area contributed by atoms with Crippen LogP contribution in [0.2, 0.25) is 0 Å². The first kappa shape index (κ1) is 20.0. The monoisotopic (exact) mass is 400 g/mol. The summed E-state index contributed by atoms with van der Waals surface area (Å²) < 4.78 is 11.5. The second kappa shape index (κ2) is 6.37. The van der Waals surface area contributed by atoms with E-state index in [9.17, 15) is 14.9 Å². The molecule has 7 nitrogen and oxygen atoms in total. The van der Waals surface area contributed by atoms with Crippen LogP contribution in [0.4, 0.5) is 5.69 Å². The normalized spacial score (nSPS) is 32.2. The van der Waals surface area contributed by atoms with Crippen molar-refractivity contribution < 1.29 is 19.2 Å². The van der Waals surface area contributed by atoms with Gasteiger partial charge >= 0.3 is 0 Å². The Morgan fingerprint density at radius 3 is 2.28 bits per heavy atom. The van der Waals surface area contributed by atoms with Crippen LogP contribution in [0.15, 0.2) is 36.4 Å². The number of nitrogens with zero attached hydrogens (tertiary/aromatic N) is 2. The highest BCUT2D eigenvalue weighted by Gasteiger charge is 2.79. The van der Waals surface area contributed by atoms with Crippen LogP contribution >= 0.6 is 0 Å². The number of benzene rings is 1. The second-order valence-electron chi connectivity index (χ2n) is 9.27. The molecule has 0 N–H and O–H groups in total. The molecule has 1 aliphatic carbocycles. The SMILES string of the molecule is CC1(/C=C/C23N(C(=O)c4ccc([N+](=O)[O-])cc4)C2(C)CCCC3(C)C)OCCO1. The summed E-state index contributed by atoms with van der Waals surface area (Å²) in [5.41, 5.74) is -0.431. The van der Waals surface area contributed by atoms with Gasteiger partial charge in [-0.2, -0.15) is 0 Å². The van der Waals surface area contributed by atoms with E-state index in [0.717, 1.165) is 19.3 Å². The number of carbonyl (C=O) groups excluding carboxylic acids is 1. The van der Waals surface area contributed by atoms with E-state index in [2.05, 4.69) is 26.8 Å². The molecule has 1 aromatic carbocycles. The Hall–Kier alpha value is -2.25. The predicted octanol–water partition coefficient (Wildman–Crippen LogP) is 4.08. The maximum atomic E-state index is 13.5. The summed E-state index contributed by atoms with van der Waals surface area (Å²) in [6.07, 6.45) is 7.04. The highest BCUT2D eigenvalue weighted by molar-refractivity contribution is 5.98. The lowest BCUT2D eigenvalue weighted by Crippen LogP contribution is -2.42. The first-order valence-electron chi connectivity index (χ1n) is 10.1. The Morgan fingerprint density at radius 2 is 1.69 bits per heavy atom. The second-order valence-corrected chi connectivity index (χ2v) is 9.27. The van der Waals surface area contributed by atoms with Gasteiger partial charge in [0.25, 0.3) is 11.6 Å². The maximum Gasteiger partial charge on any atom is 0.269 e. The highest BCUT2D eigenvalue weighted by atomic mass is 16.7. The van der Waals surface area contributed by atoms with Crippen LogP contribution in [0.1, 0.15) is 57.3 Å². The van der Waals surface area contributed by atoms with Crippen LogP contribution in [0.25, 0.3) is 0 Å². The Balaban J connectivity index is 1.71. The van der Waals surface area contributed by atoms with Gasteiger partial charge in [0.15, 0.2) is 5.79 Å². The van der Waals surface area contributed by atoms with Crippen molar-refractivity contribution in [1.29, 1.82) is 0 Å². The molecule has 2 unspecified atom stereocenters. The molecule has 1 amide bonds. The van der Waals surface area contributed by atoms with Crippen molar-refractivity contribution >= 4 is 11.6 Å². The average molecular weight is 400 g/mol. The molecule has 0 aromatic heterocycles. The minimum atomic E-state index is -0.770.